The zero-order valence-corrected chi connectivity index (χ0v) is 10.3. The Hall–Kier alpha value is 0.140. The van der Waals surface area contributed by atoms with Crippen molar-refractivity contribution in [2.45, 2.75) is 25.8 Å². The molecule has 0 bridgehead atoms. The van der Waals surface area contributed by atoms with E-state index < -0.39 is 0 Å². The molecule has 1 unspecified atom stereocenters. The average molecular weight is 260 g/mol. The summed E-state index contributed by atoms with van der Waals surface area (Å²) in [6.07, 6.45) is 2.77. The number of hydrogen-bond donors (Lipinski definition) is 1. The van der Waals surface area contributed by atoms with Gasteiger partial charge in [-0.3, -0.25) is 0 Å². The molecule has 1 aliphatic carbocycles. The first-order valence-corrected chi connectivity index (χ1v) is 6.26. The summed E-state index contributed by atoms with van der Waals surface area (Å²) >= 11 is 5.38. The molecular formula is C10H14BrNS. The SMILES string of the molecule is CNC(c1cc(Br)sc1C)C1CC1. The van der Waals surface area contributed by atoms with Crippen LogP contribution < -0.4 is 5.32 Å². The molecule has 1 aromatic heterocycles. The summed E-state index contributed by atoms with van der Waals surface area (Å²) in [7, 11) is 2.06. The monoisotopic (exact) mass is 259 g/mol. The summed E-state index contributed by atoms with van der Waals surface area (Å²) in [6.45, 7) is 2.21. The molecule has 1 nitrogen and oxygen atoms in total. The van der Waals surface area contributed by atoms with Gasteiger partial charge in [0.2, 0.25) is 0 Å². The van der Waals surface area contributed by atoms with Gasteiger partial charge < -0.3 is 5.32 Å². The van der Waals surface area contributed by atoms with Gasteiger partial charge in [0.05, 0.1) is 3.79 Å². The van der Waals surface area contributed by atoms with Crippen molar-refractivity contribution in [3.05, 3.63) is 20.3 Å². The van der Waals surface area contributed by atoms with Gasteiger partial charge in [-0.25, -0.2) is 0 Å². The van der Waals surface area contributed by atoms with Gasteiger partial charge in [0.15, 0.2) is 0 Å². The molecule has 0 radical (unpaired) electrons. The number of hydrogen-bond acceptors (Lipinski definition) is 2. The predicted octanol–water partition coefficient (Wildman–Crippen LogP) is 3.49. The van der Waals surface area contributed by atoms with Crippen molar-refractivity contribution in [3.63, 3.8) is 0 Å². The van der Waals surface area contributed by atoms with E-state index in [4.69, 9.17) is 0 Å². The van der Waals surface area contributed by atoms with E-state index in [0.717, 1.165) is 5.92 Å². The minimum Gasteiger partial charge on any atom is -0.313 e. The van der Waals surface area contributed by atoms with Crippen molar-refractivity contribution in [2.24, 2.45) is 5.92 Å². The molecular weight excluding hydrogens is 246 g/mol. The lowest BCUT2D eigenvalue weighted by Crippen LogP contribution is -2.18. The van der Waals surface area contributed by atoms with Crippen LogP contribution in [0.25, 0.3) is 0 Å². The fourth-order valence-corrected chi connectivity index (χ4v) is 3.60. The van der Waals surface area contributed by atoms with Crippen LogP contribution in [0.4, 0.5) is 0 Å². The molecule has 13 heavy (non-hydrogen) atoms. The second-order valence-electron chi connectivity index (χ2n) is 3.67. The third kappa shape index (κ3) is 1.97. The Bertz CT molecular complexity index is 304. The first kappa shape index (κ1) is 9.69. The number of aryl methyl sites for hydroxylation is 1. The first-order valence-electron chi connectivity index (χ1n) is 4.65. The highest BCUT2D eigenvalue weighted by atomic mass is 79.9. The van der Waals surface area contributed by atoms with E-state index in [9.17, 15) is 0 Å². The van der Waals surface area contributed by atoms with Crippen LogP contribution in [-0.2, 0) is 0 Å². The first-order chi connectivity index (χ1) is 6.22. The molecule has 1 atom stereocenters. The Morgan fingerprint density at radius 3 is 2.69 bits per heavy atom. The fourth-order valence-electron chi connectivity index (χ4n) is 1.84. The van der Waals surface area contributed by atoms with Crippen LogP contribution in [0.1, 0.15) is 29.3 Å². The molecule has 1 heterocycles. The maximum Gasteiger partial charge on any atom is 0.0704 e. The van der Waals surface area contributed by atoms with Crippen LogP contribution in [0, 0.1) is 12.8 Å². The lowest BCUT2D eigenvalue weighted by Gasteiger charge is -2.14. The molecule has 0 aromatic carbocycles. The highest BCUT2D eigenvalue weighted by Crippen LogP contribution is 2.43. The van der Waals surface area contributed by atoms with Crippen molar-refractivity contribution in [3.8, 4) is 0 Å². The summed E-state index contributed by atoms with van der Waals surface area (Å²) in [4.78, 5) is 1.44. The van der Waals surface area contributed by atoms with E-state index in [1.165, 1.54) is 27.1 Å². The maximum atomic E-state index is 3.54. The highest BCUT2D eigenvalue weighted by molar-refractivity contribution is 9.11. The van der Waals surface area contributed by atoms with Gasteiger partial charge in [-0.2, -0.15) is 0 Å². The van der Waals surface area contributed by atoms with Crippen molar-refractivity contribution >= 4 is 27.3 Å². The van der Waals surface area contributed by atoms with E-state index in [2.05, 4.69) is 41.3 Å². The lowest BCUT2D eigenvalue weighted by molar-refractivity contribution is 0.528. The maximum absolute atomic E-state index is 3.54. The van der Waals surface area contributed by atoms with Gasteiger partial charge in [0.25, 0.3) is 0 Å². The molecule has 3 heteroatoms. The van der Waals surface area contributed by atoms with Crippen LogP contribution in [0.3, 0.4) is 0 Å². The van der Waals surface area contributed by atoms with Gasteiger partial charge in [-0.15, -0.1) is 11.3 Å². The average Bonchev–Trinajstić information content (AvgIpc) is 2.82. The topological polar surface area (TPSA) is 12.0 Å². The molecule has 2 rings (SSSR count). The van der Waals surface area contributed by atoms with Crippen molar-refractivity contribution < 1.29 is 0 Å². The van der Waals surface area contributed by atoms with Crippen LogP contribution in [0.2, 0.25) is 0 Å². The second-order valence-corrected chi connectivity index (χ2v) is 6.30. The Morgan fingerprint density at radius 2 is 2.31 bits per heavy atom. The van der Waals surface area contributed by atoms with Gasteiger partial charge in [0, 0.05) is 10.9 Å². The molecule has 0 saturated heterocycles. The standard InChI is InChI=1S/C10H14BrNS/c1-6-8(5-9(11)13-6)10(12-2)7-3-4-7/h5,7,10,12H,3-4H2,1-2H3. The molecule has 0 spiro atoms. The number of nitrogens with one attached hydrogen (secondary N) is 1. The van der Waals surface area contributed by atoms with E-state index in [1.807, 2.05) is 11.3 Å². The fraction of sp³-hybridized carbons (Fsp3) is 0.600. The Balaban J connectivity index is 2.25. The second kappa shape index (κ2) is 3.71. The van der Waals surface area contributed by atoms with E-state index in [1.54, 1.807) is 0 Å². The summed E-state index contributed by atoms with van der Waals surface area (Å²) in [5.41, 5.74) is 1.49. The summed E-state index contributed by atoms with van der Waals surface area (Å²) < 4.78 is 1.25. The van der Waals surface area contributed by atoms with Crippen LogP contribution >= 0.6 is 27.3 Å². The quantitative estimate of drug-likeness (QED) is 0.877. The third-order valence-corrected chi connectivity index (χ3v) is 4.23. The van der Waals surface area contributed by atoms with Crippen LogP contribution in [0.15, 0.2) is 9.85 Å². The molecule has 1 aromatic rings. The summed E-state index contributed by atoms with van der Waals surface area (Å²) in [6, 6.07) is 2.85. The highest BCUT2D eigenvalue weighted by Gasteiger charge is 2.32. The predicted molar refractivity (Wildman–Crippen MR) is 61.3 cm³/mol. The zero-order valence-electron chi connectivity index (χ0n) is 7.93. The van der Waals surface area contributed by atoms with Crippen molar-refractivity contribution in [2.75, 3.05) is 7.05 Å². The molecule has 72 valence electrons. The lowest BCUT2D eigenvalue weighted by atomic mass is 10.0. The Morgan fingerprint density at radius 1 is 1.62 bits per heavy atom. The zero-order chi connectivity index (χ0) is 9.42. The molecule has 0 aliphatic heterocycles. The molecule has 1 N–H and O–H groups in total. The normalized spacial score (nSPS) is 19.0. The van der Waals surface area contributed by atoms with E-state index >= 15 is 0 Å². The van der Waals surface area contributed by atoms with E-state index in [-0.39, 0.29) is 0 Å². The minimum atomic E-state index is 0.586. The van der Waals surface area contributed by atoms with Gasteiger partial charge in [-0.05, 0) is 60.3 Å². The van der Waals surface area contributed by atoms with Crippen molar-refractivity contribution in [1.29, 1.82) is 0 Å². The summed E-state index contributed by atoms with van der Waals surface area (Å²) in [5.74, 6) is 0.880. The van der Waals surface area contributed by atoms with Gasteiger partial charge in [-0.1, -0.05) is 0 Å². The number of thiophene rings is 1. The minimum absolute atomic E-state index is 0.586. The van der Waals surface area contributed by atoms with Gasteiger partial charge in [0.1, 0.15) is 0 Å². The summed E-state index contributed by atoms with van der Waals surface area (Å²) in [5, 5.41) is 3.42. The molecule has 0 amide bonds. The largest absolute Gasteiger partial charge is 0.313 e. The number of halogens is 1. The van der Waals surface area contributed by atoms with E-state index in [0.29, 0.717) is 6.04 Å². The Labute approximate surface area is 91.7 Å². The van der Waals surface area contributed by atoms with Crippen LogP contribution in [0.5, 0.6) is 0 Å². The number of rotatable bonds is 3. The molecule has 1 saturated carbocycles. The molecule has 1 aliphatic rings. The smallest absolute Gasteiger partial charge is 0.0704 e. The third-order valence-electron chi connectivity index (χ3n) is 2.67. The molecule has 1 fully saturated rings. The van der Waals surface area contributed by atoms with Crippen LogP contribution in [-0.4, -0.2) is 7.05 Å². The Kier molecular flexibility index (Phi) is 2.77. The van der Waals surface area contributed by atoms with Gasteiger partial charge >= 0.3 is 0 Å². The van der Waals surface area contributed by atoms with Crippen molar-refractivity contribution in [1.82, 2.24) is 5.32 Å².